The molecule has 250 valence electrons. The van der Waals surface area contributed by atoms with Gasteiger partial charge in [0.05, 0.1) is 0 Å². The van der Waals surface area contributed by atoms with Crippen LogP contribution in [0.2, 0.25) is 0 Å². The average molecular weight is 674 g/mol. The van der Waals surface area contributed by atoms with Gasteiger partial charge in [0.2, 0.25) is 11.3 Å². The molecule has 4 aromatic rings. The number of benzene rings is 1. The molecule has 0 unspecified atom stereocenters. The number of aromatic hydroxyl groups is 1. The van der Waals surface area contributed by atoms with Crippen LogP contribution in [0.5, 0.6) is 5.75 Å². The predicted molar refractivity (Wildman–Crippen MR) is 171 cm³/mol. The van der Waals surface area contributed by atoms with Crippen molar-refractivity contribution in [2.24, 2.45) is 0 Å². The Morgan fingerprint density at radius 2 is 1.83 bits per heavy atom. The summed E-state index contributed by atoms with van der Waals surface area (Å²) in [6.07, 6.45) is -1.39. The number of hydrogen-bond acceptors (Lipinski definition) is 10. The first-order valence-electron chi connectivity index (χ1n) is 15.4. The van der Waals surface area contributed by atoms with Crippen LogP contribution in [-0.2, 0) is 17.8 Å². The molecule has 1 aromatic carbocycles. The van der Waals surface area contributed by atoms with E-state index in [1.165, 1.54) is 23.8 Å². The zero-order chi connectivity index (χ0) is 33.5. The highest BCUT2D eigenvalue weighted by molar-refractivity contribution is 7.22. The number of oxazole rings is 1. The largest absolute Gasteiger partial charge is 0.507 e. The summed E-state index contributed by atoms with van der Waals surface area (Å²) in [5.74, 6) is -1.16. The highest BCUT2D eigenvalue weighted by atomic mass is 32.1. The average Bonchev–Trinajstić information content (AvgIpc) is 3.83. The summed E-state index contributed by atoms with van der Waals surface area (Å²) in [6.45, 7) is 7.14. The number of carbonyl (C=O) groups excluding carboxylic acids is 2. The number of phenols is 1. The lowest BCUT2D eigenvalue weighted by atomic mass is 10.1. The maximum Gasteiger partial charge on any atom is 0.412 e. The van der Waals surface area contributed by atoms with Gasteiger partial charge >= 0.3 is 6.18 Å². The number of aromatic nitrogens is 3. The summed E-state index contributed by atoms with van der Waals surface area (Å²) in [6, 6.07) is 2.96. The van der Waals surface area contributed by atoms with Gasteiger partial charge in [-0.15, -0.1) is 0 Å². The van der Waals surface area contributed by atoms with E-state index in [0.717, 1.165) is 25.9 Å². The van der Waals surface area contributed by atoms with Gasteiger partial charge in [-0.3, -0.25) is 14.4 Å². The Morgan fingerprint density at radius 1 is 1.11 bits per heavy atom. The van der Waals surface area contributed by atoms with Gasteiger partial charge in [0.25, 0.3) is 5.91 Å². The summed E-state index contributed by atoms with van der Waals surface area (Å²) in [4.78, 5) is 55.2. The Bertz CT molecular complexity index is 1900. The molecule has 0 aliphatic carbocycles. The molecule has 0 spiro atoms. The molecular formula is C31H34F3N7O5S. The number of nitrogens with zero attached hydrogens (tertiary/aromatic N) is 6. The van der Waals surface area contributed by atoms with Gasteiger partial charge in [-0.05, 0) is 37.8 Å². The summed E-state index contributed by atoms with van der Waals surface area (Å²) in [7, 11) is 0. The number of amides is 2. The number of phenolic OH excluding ortho intramolecular Hbond substituents is 1. The van der Waals surface area contributed by atoms with E-state index in [-0.39, 0.29) is 48.5 Å². The third-order valence-corrected chi connectivity index (χ3v) is 9.72. The summed E-state index contributed by atoms with van der Waals surface area (Å²) in [5.41, 5.74) is 0.846. The number of hydrogen-bond donors (Lipinski definition) is 2. The minimum Gasteiger partial charge on any atom is -0.507 e. The number of anilines is 2. The highest BCUT2D eigenvalue weighted by Gasteiger charge is 2.33. The number of fused-ring (bicyclic) bond motifs is 2. The maximum absolute atomic E-state index is 14.2. The van der Waals surface area contributed by atoms with E-state index in [1.807, 2.05) is 11.8 Å². The number of piperazine rings is 1. The molecule has 2 saturated heterocycles. The maximum atomic E-state index is 14.2. The minimum atomic E-state index is -4.54. The third kappa shape index (κ3) is 6.25. The van der Waals surface area contributed by atoms with Crippen LogP contribution < -0.4 is 20.5 Å². The molecule has 0 atom stereocenters. The third-order valence-electron chi connectivity index (χ3n) is 8.61. The Kier molecular flexibility index (Phi) is 8.87. The van der Waals surface area contributed by atoms with Crippen molar-refractivity contribution < 1.29 is 32.3 Å². The van der Waals surface area contributed by atoms with Crippen molar-refractivity contribution in [1.29, 1.82) is 0 Å². The highest BCUT2D eigenvalue weighted by Crippen LogP contribution is 2.34. The van der Waals surface area contributed by atoms with E-state index in [4.69, 9.17) is 9.40 Å². The number of carbonyl (C=O) groups is 2. The lowest BCUT2D eigenvalue weighted by molar-refractivity contribution is -0.122. The first-order chi connectivity index (χ1) is 22.5. The number of alkyl halides is 3. The number of nitrogens with one attached hydrogen (secondary N) is 1. The van der Waals surface area contributed by atoms with Gasteiger partial charge in [0.15, 0.2) is 22.8 Å². The Labute approximate surface area is 271 Å². The summed E-state index contributed by atoms with van der Waals surface area (Å²) in [5, 5.41) is 13.7. The van der Waals surface area contributed by atoms with Crippen LogP contribution in [0, 0.1) is 0 Å². The van der Waals surface area contributed by atoms with Crippen molar-refractivity contribution >= 4 is 55.4 Å². The van der Waals surface area contributed by atoms with Crippen LogP contribution in [0.25, 0.3) is 21.4 Å². The fourth-order valence-corrected chi connectivity index (χ4v) is 7.20. The molecular weight excluding hydrogens is 639 g/mol. The molecule has 0 radical (unpaired) electrons. The van der Waals surface area contributed by atoms with E-state index < -0.39 is 30.0 Å². The van der Waals surface area contributed by atoms with Gasteiger partial charge in [0.1, 0.15) is 33.8 Å². The van der Waals surface area contributed by atoms with Gasteiger partial charge in [-0.1, -0.05) is 24.8 Å². The first kappa shape index (κ1) is 32.3. The van der Waals surface area contributed by atoms with Crippen LogP contribution in [0.3, 0.4) is 0 Å². The van der Waals surface area contributed by atoms with Crippen LogP contribution in [-0.4, -0.2) is 88.3 Å². The first-order valence-corrected chi connectivity index (χ1v) is 16.2. The molecule has 16 heteroatoms. The topological polar surface area (TPSA) is 137 Å². The van der Waals surface area contributed by atoms with Gasteiger partial charge in [-0.2, -0.15) is 13.2 Å². The summed E-state index contributed by atoms with van der Waals surface area (Å²) < 4.78 is 46.2. The number of rotatable bonds is 9. The van der Waals surface area contributed by atoms with E-state index in [9.17, 15) is 32.7 Å². The number of halogens is 3. The molecule has 3 aromatic heterocycles. The molecule has 47 heavy (non-hydrogen) atoms. The van der Waals surface area contributed by atoms with Gasteiger partial charge in [-0.25, -0.2) is 9.97 Å². The Morgan fingerprint density at radius 3 is 2.51 bits per heavy atom. The normalized spacial score (nSPS) is 15.6. The molecule has 2 aliphatic heterocycles. The van der Waals surface area contributed by atoms with Gasteiger partial charge in [0, 0.05) is 57.1 Å². The monoisotopic (exact) mass is 673 g/mol. The van der Waals surface area contributed by atoms with Crippen LogP contribution in [0.4, 0.5) is 24.0 Å². The van der Waals surface area contributed by atoms with Crippen molar-refractivity contribution in [3.63, 3.8) is 0 Å². The zero-order valence-corrected chi connectivity index (χ0v) is 26.5. The molecule has 0 bridgehead atoms. The predicted octanol–water partition coefficient (Wildman–Crippen LogP) is 4.05. The lowest BCUT2D eigenvalue weighted by Gasteiger charge is -2.37. The lowest BCUT2D eigenvalue weighted by Crippen LogP contribution is -2.50. The molecule has 5 heterocycles. The number of pyridine rings is 1. The fourth-order valence-electron chi connectivity index (χ4n) is 6.13. The van der Waals surface area contributed by atoms with Crippen molar-refractivity contribution in [2.75, 3.05) is 55.6 Å². The van der Waals surface area contributed by atoms with Crippen molar-refractivity contribution in [1.82, 2.24) is 24.8 Å². The smallest absolute Gasteiger partial charge is 0.412 e. The second-order valence-electron chi connectivity index (χ2n) is 11.5. The van der Waals surface area contributed by atoms with Gasteiger partial charge < -0.3 is 34.1 Å². The van der Waals surface area contributed by atoms with E-state index in [0.29, 0.717) is 51.9 Å². The van der Waals surface area contributed by atoms with Crippen molar-refractivity contribution in [2.45, 2.75) is 45.3 Å². The standard InChI is InChI=1S/C31H34F3N7O5S/c1-3-20-24(38-12-14-39(15-13-38)29(45)23-21(42)7-6-19-26(23)46-17-36-19)25(44)27-28(37-30(47-27)40-10-4-5-11-40)41(20)16-22(43)35-9-8-18(2)31(32,33)34/h6-7,17,42H,2-5,8-16H2,1H3,(H,35,43). The van der Waals surface area contributed by atoms with Crippen LogP contribution >= 0.6 is 11.3 Å². The van der Waals surface area contributed by atoms with Crippen molar-refractivity contribution in [3.8, 4) is 5.75 Å². The molecule has 0 saturated carbocycles. The van der Waals surface area contributed by atoms with Crippen molar-refractivity contribution in [3.05, 3.63) is 52.2 Å². The van der Waals surface area contributed by atoms with Crippen LogP contribution in [0.15, 0.2) is 39.9 Å². The fraction of sp³-hybridized carbons (Fsp3) is 0.452. The molecule has 2 N–H and O–H groups in total. The minimum absolute atomic E-state index is 0.0235. The molecule has 12 nitrogen and oxygen atoms in total. The van der Waals surface area contributed by atoms with E-state index >= 15 is 0 Å². The zero-order valence-electron chi connectivity index (χ0n) is 25.7. The molecule has 2 amide bonds. The second kappa shape index (κ2) is 12.9. The van der Waals surface area contributed by atoms with E-state index in [2.05, 4.69) is 21.8 Å². The molecule has 2 fully saturated rings. The molecule has 6 rings (SSSR count). The second-order valence-corrected chi connectivity index (χ2v) is 12.5. The summed E-state index contributed by atoms with van der Waals surface area (Å²) >= 11 is 1.27. The SMILES string of the molecule is C=C(CCNC(=O)Cn1c(CC)c(N2CCN(C(=O)c3c(O)ccc4ncoc34)CC2)c(=O)c2sc(N3CCCC3)nc21)C(F)(F)F. The quantitative estimate of drug-likeness (QED) is 0.252. The van der Waals surface area contributed by atoms with Crippen LogP contribution in [0.1, 0.15) is 42.2 Å². The molecule has 2 aliphatic rings. The Hall–Kier alpha value is -4.60. The Balaban J connectivity index is 1.29. The number of thiazole rings is 1. The van der Waals surface area contributed by atoms with E-state index in [1.54, 1.807) is 15.5 Å².